The van der Waals surface area contributed by atoms with E-state index in [1.807, 2.05) is 0 Å². The molecule has 0 aromatic rings. The summed E-state index contributed by atoms with van der Waals surface area (Å²) >= 11 is 0. The number of piperidine rings is 1. The van der Waals surface area contributed by atoms with Crippen LogP contribution >= 0.6 is 0 Å². The second kappa shape index (κ2) is 5.23. The van der Waals surface area contributed by atoms with E-state index in [1.165, 1.54) is 43.4 Å². The summed E-state index contributed by atoms with van der Waals surface area (Å²) in [6, 6.07) is 0. The van der Waals surface area contributed by atoms with Gasteiger partial charge in [0.15, 0.2) is 0 Å². The Hall–Kier alpha value is 0.440. The smallest absolute Gasteiger partial charge is 0.0810 e. The van der Waals surface area contributed by atoms with Gasteiger partial charge in [0, 0.05) is 5.92 Å². The third-order valence-corrected chi connectivity index (χ3v) is 2.91. The molecule has 0 radical (unpaired) electrons. The predicted molar refractivity (Wildman–Crippen MR) is 49.5 cm³/mol. The average Bonchev–Trinajstić information content (AvgIpc) is 1.86. The normalized spacial score (nSPS) is 35.8. The Bertz CT molecular complexity index is 123. The molecular formula is C10H22BrN. The first-order chi connectivity index (χ1) is 5.16. The van der Waals surface area contributed by atoms with E-state index in [9.17, 15) is 0 Å². The summed E-state index contributed by atoms with van der Waals surface area (Å²) in [4.78, 5) is 0. The van der Waals surface area contributed by atoms with Crippen molar-refractivity contribution in [1.82, 2.24) is 0 Å². The highest BCUT2D eigenvalue weighted by Gasteiger charge is 2.27. The van der Waals surface area contributed by atoms with Gasteiger partial charge >= 0.3 is 0 Å². The number of rotatable bonds is 2. The zero-order valence-corrected chi connectivity index (χ0v) is 10.2. The standard InChI is InChI=1S/C10H22N.BrH/c1-4-7-11(3)8-5-6-10(2)9-11;/h10H,4-9H2,1-3H3;1H/q+1;/p-1. The van der Waals surface area contributed by atoms with Gasteiger partial charge in [-0.15, -0.1) is 0 Å². The monoisotopic (exact) mass is 235 g/mol. The van der Waals surface area contributed by atoms with Crippen LogP contribution in [-0.4, -0.2) is 31.2 Å². The van der Waals surface area contributed by atoms with Crippen molar-refractivity contribution in [3.63, 3.8) is 0 Å². The first-order valence-corrected chi connectivity index (χ1v) is 5.00. The number of quaternary nitrogens is 1. The van der Waals surface area contributed by atoms with E-state index >= 15 is 0 Å². The molecule has 0 N–H and O–H groups in total. The van der Waals surface area contributed by atoms with Crippen molar-refractivity contribution in [1.29, 1.82) is 0 Å². The van der Waals surface area contributed by atoms with Crippen LogP contribution in [-0.2, 0) is 0 Å². The fourth-order valence-electron chi connectivity index (χ4n) is 2.50. The lowest BCUT2D eigenvalue weighted by Gasteiger charge is -2.40. The molecule has 0 aromatic carbocycles. The minimum Gasteiger partial charge on any atom is -1.00 e. The predicted octanol–water partition coefficient (Wildman–Crippen LogP) is -0.723. The van der Waals surface area contributed by atoms with Crippen LogP contribution in [0.1, 0.15) is 33.1 Å². The van der Waals surface area contributed by atoms with Crippen LogP contribution in [0.4, 0.5) is 0 Å². The highest BCUT2D eigenvalue weighted by molar-refractivity contribution is 4.58. The number of likely N-dealkylation sites (tertiary alicyclic amines) is 1. The van der Waals surface area contributed by atoms with Crippen molar-refractivity contribution in [2.45, 2.75) is 33.1 Å². The number of halogens is 1. The maximum absolute atomic E-state index is 2.42. The lowest BCUT2D eigenvalue weighted by molar-refractivity contribution is -0.917. The minimum absolute atomic E-state index is 0. The Balaban J connectivity index is 0.00000121. The molecule has 1 nitrogen and oxygen atoms in total. The summed E-state index contributed by atoms with van der Waals surface area (Å²) in [6.07, 6.45) is 4.23. The van der Waals surface area contributed by atoms with E-state index in [1.54, 1.807) is 0 Å². The Morgan fingerprint density at radius 2 is 2.08 bits per heavy atom. The average molecular weight is 236 g/mol. The Morgan fingerprint density at radius 1 is 1.42 bits per heavy atom. The minimum atomic E-state index is 0. The molecule has 0 amide bonds. The molecule has 2 atom stereocenters. The molecule has 74 valence electrons. The third kappa shape index (κ3) is 3.44. The zero-order valence-electron chi connectivity index (χ0n) is 8.65. The van der Waals surface area contributed by atoms with E-state index in [0.29, 0.717) is 0 Å². The van der Waals surface area contributed by atoms with Crippen molar-refractivity contribution < 1.29 is 21.5 Å². The van der Waals surface area contributed by atoms with E-state index < -0.39 is 0 Å². The molecular weight excluding hydrogens is 214 g/mol. The van der Waals surface area contributed by atoms with Crippen molar-refractivity contribution >= 4 is 0 Å². The van der Waals surface area contributed by atoms with Crippen molar-refractivity contribution in [2.24, 2.45) is 5.92 Å². The molecule has 12 heavy (non-hydrogen) atoms. The van der Waals surface area contributed by atoms with E-state index in [2.05, 4.69) is 20.9 Å². The topological polar surface area (TPSA) is 0 Å². The summed E-state index contributed by atoms with van der Waals surface area (Å²) in [5.74, 6) is 0.959. The molecule has 2 heteroatoms. The van der Waals surface area contributed by atoms with Gasteiger partial charge in [0.25, 0.3) is 0 Å². The van der Waals surface area contributed by atoms with Gasteiger partial charge in [-0.25, -0.2) is 0 Å². The van der Waals surface area contributed by atoms with E-state index in [0.717, 1.165) is 5.92 Å². The largest absolute Gasteiger partial charge is 1.00 e. The van der Waals surface area contributed by atoms with Gasteiger partial charge in [0.2, 0.25) is 0 Å². The quantitative estimate of drug-likeness (QED) is 0.555. The fraction of sp³-hybridized carbons (Fsp3) is 1.00. The lowest BCUT2D eigenvalue weighted by atomic mass is 9.98. The Morgan fingerprint density at radius 3 is 2.58 bits per heavy atom. The molecule has 1 heterocycles. The number of nitrogens with zero attached hydrogens (tertiary/aromatic N) is 1. The highest BCUT2D eigenvalue weighted by atomic mass is 79.9. The first-order valence-electron chi connectivity index (χ1n) is 5.00. The molecule has 1 rings (SSSR count). The zero-order chi connectivity index (χ0) is 8.32. The molecule has 1 aliphatic heterocycles. The van der Waals surface area contributed by atoms with Crippen molar-refractivity contribution in [3.8, 4) is 0 Å². The summed E-state index contributed by atoms with van der Waals surface area (Å²) in [7, 11) is 2.42. The van der Waals surface area contributed by atoms with Crippen LogP contribution in [0.25, 0.3) is 0 Å². The molecule has 1 saturated heterocycles. The Kier molecular flexibility index (Phi) is 5.42. The lowest BCUT2D eigenvalue weighted by Crippen LogP contribution is -3.00. The van der Waals surface area contributed by atoms with Crippen molar-refractivity contribution in [2.75, 3.05) is 26.7 Å². The van der Waals surface area contributed by atoms with E-state index in [4.69, 9.17) is 0 Å². The second-order valence-corrected chi connectivity index (χ2v) is 4.50. The van der Waals surface area contributed by atoms with Gasteiger partial charge < -0.3 is 21.5 Å². The number of hydrogen-bond donors (Lipinski definition) is 0. The van der Waals surface area contributed by atoms with Gasteiger partial charge in [-0.05, 0) is 19.3 Å². The van der Waals surface area contributed by atoms with Crippen LogP contribution in [0.3, 0.4) is 0 Å². The van der Waals surface area contributed by atoms with Crippen LogP contribution in [0.15, 0.2) is 0 Å². The van der Waals surface area contributed by atoms with Gasteiger partial charge in [0.1, 0.15) is 0 Å². The summed E-state index contributed by atoms with van der Waals surface area (Å²) in [6.45, 7) is 8.89. The van der Waals surface area contributed by atoms with Gasteiger partial charge in [-0.3, -0.25) is 0 Å². The van der Waals surface area contributed by atoms with Gasteiger partial charge in [-0.2, -0.15) is 0 Å². The molecule has 1 aliphatic rings. The second-order valence-electron chi connectivity index (χ2n) is 4.50. The first kappa shape index (κ1) is 12.4. The Labute approximate surface area is 87.5 Å². The maximum Gasteiger partial charge on any atom is 0.0810 e. The molecule has 0 bridgehead atoms. The van der Waals surface area contributed by atoms with Crippen LogP contribution in [0.2, 0.25) is 0 Å². The van der Waals surface area contributed by atoms with Crippen LogP contribution in [0, 0.1) is 5.92 Å². The van der Waals surface area contributed by atoms with Crippen molar-refractivity contribution in [3.05, 3.63) is 0 Å². The summed E-state index contributed by atoms with van der Waals surface area (Å²) in [5.41, 5.74) is 0. The van der Waals surface area contributed by atoms with Gasteiger partial charge in [0.05, 0.1) is 26.7 Å². The molecule has 2 unspecified atom stereocenters. The van der Waals surface area contributed by atoms with Crippen LogP contribution in [0.5, 0.6) is 0 Å². The molecule has 0 aliphatic carbocycles. The number of hydrogen-bond acceptors (Lipinski definition) is 0. The maximum atomic E-state index is 2.42. The summed E-state index contributed by atoms with van der Waals surface area (Å²) < 4.78 is 1.33. The third-order valence-electron chi connectivity index (χ3n) is 2.91. The molecule has 1 fully saturated rings. The molecule has 0 saturated carbocycles. The van der Waals surface area contributed by atoms with Crippen LogP contribution < -0.4 is 17.0 Å². The van der Waals surface area contributed by atoms with Gasteiger partial charge in [-0.1, -0.05) is 13.8 Å². The summed E-state index contributed by atoms with van der Waals surface area (Å²) in [5, 5.41) is 0. The molecule has 0 spiro atoms. The van der Waals surface area contributed by atoms with E-state index in [-0.39, 0.29) is 17.0 Å². The SMILES string of the molecule is CCC[N+]1(C)CCCC(C)C1.[Br-]. The molecule has 0 aromatic heterocycles. The highest BCUT2D eigenvalue weighted by Crippen LogP contribution is 2.21. The fourth-order valence-corrected chi connectivity index (χ4v) is 2.50.